The fraction of sp³-hybridized carbons (Fsp3) is 0.444. The van der Waals surface area contributed by atoms with Crippen molar-refractivity contribution in [1.82, 2.24) is 4.98 Å². The first-order valence-electron chi connectivity index (χ1n) is 8.05. The summed E-state index contributed by atoms with van der Waals surface area (Å²) in [7, 11) is 0. The lowest BCUT2D eigenvalue weighted by Gasteiger charge is -2.19. The van der Waals surface area contributed by atoms with E-state index in [0.29, 0.717) is 11.3 Å². The van der Waals surface area contributed by atoms with Crippen molar-refractivity contribution in [2.45, 2.75) is 40.2 Å². The molecule has 0 saturated carbocycles. The highest BCUT2D eigenvalue weighted by Gasteiger charge is 2.32. The molecule has 0 amide bonds. The van der Waals surface area contributed by atoms with E-state index in [-0.39, 0.29) is 11.7 Å². The molecule has 0 fully saturated rings. The molecule has 7 heteroatoms. The van der Waals surface area contributed by atoms with E-state index in [9.17, 15) is 8.78 Å². The summed E-state index contributed by atoms with van der Waals surface area (Å²) in [5.41, 5.74) is 2.71. The van der Waals surface area contributed by atoms with Gasteiger partial charge in [-0.25, -0.2) is 4.98 Å². The van der Waals surface area contributed by atoms with Crippen molar-refractivity contribution in [1.29, 1.82) is 0 Å². The number of aliphatic hydroxyl groups excluding tert-OH is 1. The number of nitrogens with zero attached hydrogens (tertiary/aromatic N) is 2. The van der Waals surface area contributed by atoms with Gasteiger partial charge in [0.2, 0.25) is 0 Å². The van der Waals surface area contributed by atoms with E-state index in [1.165, 1.54) is 17.4 Å². The van der Waals surface area contributed by atoms with E-state index in [1.54, 1.807) is 12.3 Å². The zero-order chi connectivity index (χ0) is 18.6. The summed E-state index contributed by atoms with van der Waals surface area (Å²) in [6.07, 6.45) is -1.08. The summed E-state index contributed by atoms with van der Waals surface area (Å²) in [5, 5.41) is 11.5. The minimum Gasteiger partial charge on any atom is -0.429 e. The van der Waals surface area contributed by atoms with E-state index >= 15 is 0 Å². The average Bonchev–Trinajstić information content (AvgIpc) is 3.11. The maximum absolute atomic E-state index is 13.6. The van der Waals surface area contributed by atoms with Gasteiger partial charge in [-0.3, -0.25) is 4.99 Å². The average molecular weight is 368 g/mol. The van der Waals surface area contributed by atoms with Crippen molar-refractivity contribution in [3.8, 4) is 16.3 Å². The Morgan fingerprint density at radius 1 is 1.44 bits per heavy atom. The van der Waals surface area contributed by atoms with Gasteiger partial charge in [0.15, 0.2) is 5.75 Å². The molecule has 0 aliphatic heterocycles. The number of hydrogen-bond acceptors (Lipinski definition) is 5. The highest BCUT2D eigenvalue weighted by molar-refractivity contribution is 7.13. The number of rotatable bonds is 7. The number of aliphatic hydroxyl groups is 1. The Labute approximate surface area is 150 Å². The van der Waals surface area contributed by atoms with Gasteiger partial charge < -0.3 is 9.84 Å². The molecule has 1 heterocycles. The molecule has 25 heavy (non-hydrogen) atoms. The summed E-state index contributed by atoms with van der Waals surface area (Å²) in [4.78, 5) is 8.85. The van der Waals surface area contributed by atoms with Gasteiger partial charge in [0, 0.05) is 22.9 Å². The van der Waals surface area contributed by atoms with Crippen LogP contribution in [-0.4, -0.2) is 28.5 Å². The van der Waals surface area contributed by atoms with Crippen LogP contribution in [-0.2, 0) is 0 Å². The Bertz CT molecular complexity index is 746. The Kier molecular flexibility index (Phi) is 6.24. The van der Waals surface area contributed by atoms with Gasteiger partial charge in [-0.05, 0) is 43.9 Å². The minimum atomic E-state index is -3.66. The van der Waals surface area contributed by atoms with Crippen LogP contribution in [0.3, 0.4) is 0 Å². The van der Waals surface area contributed by atoms with Crippen LogP contribution in [0.15, 0.2) is 28.7 Å². The van der Waals surface area contributed by atoms with Crippen LogP contribution in [0.2, 0.25) is 0 Å². The lowest BCUT2D eigenvalue weighted by atomic mass is 10.0. The first kappa shape index (κ1) is 19.5. The van der Waals surface area contributed by atoms with Gasteiger partial charge in [0.1, 0.15) is 17.3 Å². The topological polar surface area (TPSA) is 54.7 Å². The van der Waals surface area contributed by atoms with Gasteiger partial charge >= 0.3 is 6.11 Å². The second-order valence-corrected chi connectivity index (χ2v) is 6.78. The van der Waals surface area contributed by atoms with Crippen LogP contribution in [0.4, 0.5) is 14.5 Å². The van der Waals surface area contributed by atoms with Crippen molar-refractivity contribution >= 4 is 22.7 Å². The molecule has 0 saturated heterocycles. The quantitative estimate of drug-likeness (QED) is 0.682. The summed E-state index contributed by atoms with van der Waals surface area (Å²) < 4.78 is 31.9. The lowest BCUT2D eigenvalue weighted by Crippen LogP contribution is -2.29. The molecule has 0 aliphatic rings. The highest BCUT2D eigenvalue weighted by atomic mass is 32.1. The fourth-order valence-corrected chi connectivity index (χ4v) is 2.98. The number of benzene rings is 1. The maximum atomic E-state index is 13.6. The van der Waals surface area contributed by atoms with Gasteiger partial charge in [-0.15, -0.1) is 11.3 Å². The maximum Gasteiger partial charge on any atom is 0.421 e. The van der Waals surface area contributed by atoms with Crippen molar-refractivity contribution in [2.75, 3.05) is 6.61 Å². The largest absolute Gasteiger partial charge is 0.429 e. The predicted octanol–water partition coefficient (Wildman–Crippen LogP) is 5.22. The molecule has 1 unspecified atom stereocenters. The van der Waals surface area contributed by atoms with Gasteiger partial charge in [0.05, 0.1) is 0 Å². The Morgan fingerprint density at radius 2 is 2.16 bits per heavy atom. The number of halogens is 2. The standard InChI is InChI=1S/C18H22F2N2O2S/c1-5-11(2)13(4)22-16-12(3)14(17-21-8-9-25-17)6-7-15(16)24-18(19,20)10-23/h6-9,11,23H,5,10H2,1-4H3/b22-13-. The van der Waals surface area contributed by atoms with E-state index in [0.717, 1.165) is 22.7 Å². The highest BCUT2D eigenvalue weighted by Crippen LogP contribution is 2.40. The number of alkyl halides is 2. The van der Waals surface area contributed by atoms with Gasteiger partial charge in [-0.1, -0.05) is 13.8 Å². The predicted molar refractivity (Wildman–Crippen MR) is 97.2 cm³/mol. The van der Waals surface area contributed by atoms with Crippen molar-refractivity contribution in [3.63, 3.8) is 0 Å². The lowest BCUT2D eigenvalue weighted by molar-refractivity contribution is -0.200. The Morgan fingerprint density at radius 3 is 2.72 bits per heavy atom. The molecule has 2 rings (SSSR count). The molecule has 4 nitrogen and oxygen atoms in total. The van der Waals surface area contributed by atoms with Crippen LogP contribution < -0.4 is 4.74 Å². The summed E-state index contributed by atoms with van der Waals surface area (Å²) in [6.45, 7) is 6.36. The van der Waals surface area contributed by atoms with Crippen LogP contribution in [0, 0.1) is 12.8 Å². The second-order valence-electron chi connectivity index (χ2n) is 5.88. The van der Waals surface area contributed by atoms with Crippen molar-refractivity contribution in [3.05, 3.63) is 29.3 Å². The van der Waals surface area contributed by atoms with E-state index < -0.39 is 12.7 Å². The molecule has 2 aromatic rings. The normalized spacial score (nSPS) is 13.8. The third-order valence-corrected chi connectivity index (χ3v) is 4.92. The molecule has 1 aromatic heterocycles. The minimum absolute atomic E-state index is 0.0560. The van der Waals surface area contributed by atoms with Crippen molar-refractivity contribution in [2.24, 2.45) is 10.9 Å². The number of thiazole rings is 1. The SMILES string of the molecule is CCC(C)/C(C)=N\c1c(OC(F)(F)CO)ccc(-c2nccs2)c1C. The molecule has 1 N–H and O–H groups in total. The molecule has 0 bridgehead atoms. The van der Waals surface area contributed by atoms with Crippen LogP contribution in [0.1, 0.15) is 32.8 Å². The number of ether oxygens (including phenoxy) is 1. The van der Waals surface area contributed by atoms with Gasteiger partial charge in [0.25, 0.3) is 0 Å². The first-order valence-corrected chi connectivity index (χ1v) is 8.93. The summed E-state index contributed by atoms with van der Waals surface area (Å²) >= 11 is 1.46. The van der Waals surface area contributed by atoms with Crippen LogP contribution in [0.25, 0.3) is 10.6 Å². The second kappa shape index (κ2) is 8.01. The molecule has 1 aromatic carbocycles. The number of hydrogen-bond donors (Lipinski definition) is 1. The van der Waals surface area contributed by atoms with Crippen LogP contribution in [0.5, 0.6) is 5.75 Å². The zero-order valence-electron chi connectivity index (χ0n) is 14.7. The molecule has 0 radical (unpaired) electrons. The molecule has 0 spiro atoms. The third-order valence-electron chi connectivity index (χ3n) is 4.11. The molecule has 0 aliphatic carbocycles. The third kappa shape index (κ3) is 4.61. The van der Waals surface area contributed by atoms with E-state index in [2.05, 4.69) is 9.98 Å². The van der Waals surface area contributed by atoms with Gasteiger partial charge in [-0.2, -0.15) is 8.78 Å². The summed E-state index contributed by atoms with van der Waals surface area (Å²) in [6, 6.07) is 3.14. The molecular weight excluding hydrogens is 346 g/mol. The van der Waals surface area contributed by atoms with Crippen molar-refractivity contribution < 1.29 is 18.6 Å². The Balaban J connectivity index is 2.58. The van der Waals surface area contributed by atoms with E-state index in [1.807, 2.05) is 33.1 Å². The Hall–Kier alpha value is -1.86. The fourth-order valence-electron chi connectivity index (χ4n) is 2.26. The summed E-state index contributed by atoms with van der Waals surface area (Å²) in [5.74, 6) is 0.161. The first-order chi connectivity index (χ1) is 11.8. The molecule has 136 valence electrons. The molecular formula is C18H22F2N2O2S. The van der Waals surface area contributed by atoms with Crippen LogP contribution >= 0.6 is 11.3 Å². The smallest absolute Gasteiger partial charge is 0.421 e. The molecule has 1 atom stereocenters. The van der Waals surface area contributed by atoms with E-state index in [4.69, 9.17) is 9.84 Å². The number of aromatic nitrogens is 1. The zero-order valence-corrected chi connectivity index (χ0v) is 15.5. The monoisotopic (exact) mass is 368 g/mol. The number of aliphatic imine (C=N–C) groups is 1.